The molecule has 5 nitrogen and oxygen atoms in total. The number of carbonyl (C=O) groups excluding carboxylic acids is 2. The molecule has 0 saturated carbocycles. The van der Waals surface area contributed by atoms with Crippen LogP contribution in [0.3, 0.4) is 0 Å². The zero-order valence-corrected chi connectivity index (χ0v) is 17.7. The third-order valence-electron chi connectivity index (χ3n) is 4.31. The van der Waals surface area contributed by atoms with E-state index >= 15 is 0 Å². The molecule has 31 heavy (non-hydrogen) atoms. The lowest BCUT2D eigenvalue weighted by molar-refractivity contribution is -0.142. The number of halogens is 3. The van der Waals surface area contributed by atoms with Crippen LogP contribution in [0.4, 0.5) is 18.9 Å². The normalized spacial score (nSPS) is 12.0. The maximum atomic E-state index is 12.7. The SMILES string of the molecule is COc1ccc(C(C)(C)C)cc1NC(=O)COC(=O)C=Cc1cccc(C(F)(F)F)c1. The number of hydrogen-bond donors (Lipinski definition) is 1. The van der Waals surface area contributed by atoms with E-state index in [4.69, 9.17) is 9.47 Å². The van der Waals surface area contributed by atoms with E-state index in [1.54, 1.807) is 12.1 Å². The van der Waals surface area contributed by atoms with E-state index in [0.717, 1.165) is 23.8 Å². The highest BCUT2D eigenvalue weighted by atomic mass is 19.4. The van der Waals surface area contributed by atoms with Crippen LogP contribution >= 0.6 is 0 Å². The van der Waals surface area contributed by atoms with E-state index in [2.05, 4.69) is 5.32 Å². The minimum absolute atomic E-state index is 0.146. The van der Waals surface area contributed by atoms with Gasteiger partial charge in [0.05, 0.1) is 18.4 Å². The molecule has 0 atom stereocenters. The van der Waals surface area contributed by atoms with Crippen molar-refractivity contribution >= 4 is 23.6 Å². The first kappa shape index (κ1) is 24.0. The van der Waals surface area contributed by atoms with Gasteiger partial charge in [-0.1, -0.05) is 39.0 Å². The highest BCUT2D eigenvalue weighted by molar-refractivity contribution is 5.95. The van der Waals surface area contributed by atoms with Crippen molar-refractivity contribution in [3.05, 3.63) is 65.2 Å². The Bertz CT molecular complexity index is 976. The number of esters is 1. The van der Waals surface area contributed by atoms with Gasteiger partial charge >= 0.3 is 12.1 Å². The second-order valence-corrected chi connectivity index (χ2v) is 7.78. The van der Waals surface area contributed by atoms with E-state index in [0.29, 0.717) is 11.4 Å². The summed E-state index contributed by atoms with van der Waals surface area (Å²) in [6.07, 6.45) is -2.33. The van der Waals surface area contributed by atoms with Gasteiger partial charge in [-0.15, -0.1) is 0 Å². The minimum atomic E-state index is -4.48. The molecule has 0 aromatic heterocycles. The fourth-order valence-electron chi connectivity index (χ4n) is 2.63. The molecule has 1 N–H and O–H groups in total. The molecule has 0 radical (unpaired) electrons. The molecule has 0 bridgehead atoms. The van der Waals surface area contributed by atoms with Gasteiger partial charge in [-0.25, -0.2) is 4.79 Å². The molecule has 0 aliphatic carbocycles. The molecule has 2 rings (SSSR count). The Kier molecular flexibility index (Phi) is 7.49. The number of carbonyl (C=O) groups is 2. The van der Waals surface area contributed by atoms with Crippen LogP contribution in [0.25, 0.3) is 6.08 Å². The van der Waals surface area contributed by atoms with Gasteiger partial charge < -0.3 is 14.8 Å². The molecule has 0 aliphatic heterocycles. The van der Waals surface area contributed by atoms with E-state index in [1.165, 1.54) is 25.3 Å². The first-order valence-corrected chi connectivity index (χ1v) is 9.40. The number of rotatable bonds is 6. The van der Waals surface area contributed by atoms with Crippen molar-refractivity contribution in [1.29, 1.82) is 0 Å². The smallest absolute Gasteiger partial charge is 0.416 e. The van der Waals surface area contributed by atoms with Crippen molar-refractivity contribution in [2.75, 3.05) is 19.0 Å². The van der Waals surface area contributed by atoms with E-state index < -0.39 is 30.2 Å². The number of alkyl halides is 3. The Morgan fingerprint density at radius 3 is 2.35 bits per heavy atom. The van der Waals surface area contributed by atoms with Gasteiger partial charge in [0.1, 0.15) is 5.75 Å². The van der Waals surface area contributed by atoms with E-state index in [9.17, 15) is 22.8 Å². The van der Waals surface area contributed by atoms with Crippen molar-refractivity contribution in [2.45, 2.75) is 32.4 Å². The second kappa shape index (κ2) is 9.68. The number of methoxy groups -OCH3 is 1. The van der Waals surface area contributed by atoms with Crippen LogP contribution in [-0.2, 0) is 25.9 Å². The predicted octanol–water partition coefficient (Wildman–Crippen LogP) is 5.21. The lowest BCUT2D eigenvalue weighted by Gasteiger charge is -2.21. The van der Waals surface area contributed by atoms with Gasteiger partial charge in [0.25, 0.3) is 5.91 Å². The Morgan fingerprint density at radius 2 is 1.74 bits per heavy atom. The summed E-state index contributed by atoms with van der Waals surface area (Å²) in [7, 11) is 1.47. The third kappa shape index (κ3) is 7.16. The van der Waals surface area contributed by atoms with Crippen molar-refractivity contribution < 1.29 is 32.2 Å². The fraction of sp³-hybridized carbons (Fsp3) is 0.304. The van der Waals surface area contributed by atoms with Gasteiger partial charge in [-0.05, 0) is 46.9 Å². The Balaban J connectivity index is 1.97. The molecule has 2 aromatic carbocycles. The van der Waals surface area contributed by atoms with Crippen LogP contribution in [0.2, 0.25) is 0 Å². The van der Waals surface area contributed by atoms with Crippen molar-refractivity contribution in [3.8, 4) is 5.75 Å². The molecule has 0 aliphatic rings. The first-order chi connectivity index (χ1) is 14.4. The average molecular weight is 435 g/mol. The zero-order chi connectivity index (χ0) is 23.2. The number of anilines is 1. The summed E-state index contributed by atoms with van der Waals surface area (Å²) in [6.45, 7) is 5.52. The summed E-state index contributed by atoms with van der Waals surface area (Å²) in [4.78, 5) is 24.0. The van der Waals surface area contributed by atoms with Crippen LogP contribution in [0.15, 0.2) is 48.5 Å². The number of amides is 1. The summed E-state index contributed by atoms with van der Waals surface area (Å²) in [5.74, 6) is -0.981. The Hall–Kier alpha value is -3.29. The number of ether oxygens (including phenoxy) is 2. The summed E-state index contributed by atoms with van der Waals surface area (Å²) < 4.78 is 48.3. The van der Waals surface area contributed by atoms with Gasteiger partial charge in [0.2, 0.25) is 0 Å². The lowest BCUT2D eigenvalue weighted by atomic mass is 9.87. The summed E-state index contributed by atoms with van der Waals surface area (Å²) in [5.41, 5.74) is 0.626. The third-order valence-corrected chi connectivity index (χ3v) is 4.31. The molecule has 1 amide bonds. The standard InChI is InChI=1S/C23H24F3NO4/c1-22(2,3)16-9-10-19(30-4)18(13-16)27-20(28)14-31-21(29)11-8-15-6-5-7-17(12-15)23(24,25)26/h5-13H,14H2,1-4H3,(H,27,28). The van der Waals surface area contributed by atoms with Gasteiger partial charge in [0, 0.05) is 6.08 Å². The maximum Gasteiger partial charge on any atom is 0.416 e. The lowest BCUT2D eigenvalue weighted by Crippen LogP contribution is -2.21. The first-order valence-electron chi connectivity index (χ1n) is 9.40. The fourth-order valence-corrected chi connectivity index (χ4v) is 2.63. The van der Waals surface area contributed by atoms with E-state index in [1.807, 2.05) is 26.8 Å². The van der Waals surface area contributed by atoms with Crippen LogP contribution < -0.4 is 10.1 Å². The van der Waals surface area contributed by atoms with Gasteiger partial charge in [-0.2, -0.15) is 13.2 Å². The monoisotopic (exact) mass is 435 g/mol. The van der Waals surface area contributed by atoms with Crippen LogP contribution in [0.1, 0.15) is 37.5 Å². The van der Waals surface area contributed by atoms with Crippen molar-refractivity contribution in [2.24, 2.45) is 0 Å². The summed E-state index contributed by atoms with van der Waals surface area (Å²) in [6, 6.07) is 9.91. The molecule has 0 fully saturated rings. The minimum Gasteiger partial charge on any atom is -0.495 e. The molecular formula is C23H24F3NO4. The number of hydrogen-bond acceptors (Lipinski definition) is 4. The molecular weight excluding hydrogens is 411 g/mol. The topological polar surface area (TPSA) is 64.6 Å². The molecule has 0 unspecified atom stereocenters. The largest absolute Gasteiger partial charge is 0.495 e. The number of nitrogens with one attached hydrogen (secondary N) is 1. The highest BCUT2D eigenvalue weighted by Gasteiger charge is 2.30. The Morgan fingerprint density at radius 1 is 1.03 bits per heavy atom. The molecule has 166 valence electrons. The predicted molar refractivity (Wildman–Crippen MR) is 112 cm³/mol. The molecule has 0 spiro atoms. The van der Waals surface area contributed by atoms with E-state index in [-0.39, 0.29) is 11.0 Å². The van der Waals surface area contributed by atoms with Crippen LogP contribution in [0, 0.1) is 0 Å². The zero-order valence-electron chi connectivity index (χ0n) is 17.7. The second-order valence-electron chi connectivity index (χ2n) is 7.78. The number of benzene rings is 2. The van der Waals surface area contributed by atoms with Gasteiger partial charge in [0.15, 0.2) is 6.61 Å². The van der Waals surface area contributed by atoms with Crippen LogP contribution in [0.5, 0.6) is 5.75 Å². The Labute approximate surface area is 178 Å². The van der Waals surface area contributed by atoms with Crippen molar-refractivity contribution in [3.63, 3.8) is 0 Å². The summed E-state index contributed by atoms with van der Waals surface area (Å²) >= 11 is 0. The molecule has 2 aromatic rings. The van der Waals surface area contributed by atoms with Crippen molar-refractivity contribution in [1.82, 2.24) is 0 Å². The molecule has 8 heteroatoms. The average Bonchev–Trinajstić information content (AvgIpc) is 2.69. The summed E-state index contributed by atoms with van der Waals surface area (Å²) in [5, 5.41) is 2.64. The molecule has 0 heterocycles. The van der Waals surface area contributed by atoms with Crippen LogP contribution in [-0.4, -0.2) is 25.6 Å². The maximum absolute atomic E-state index is 12.7. The van der Waals surface area contributed by atoms with Gasteiger partial charge in [-0.3, -0.25) is 4.79 Å². The molecule has 0 saturated heterocycles. The quantitative estimate of drug-likeness (QED) is 0.500. The highest BCUT2D eigenvalue weighted by Crippen LogP contribution is 2.31.